The van der Waals surface area contributed by atoms with Crippen LogP contribution in [0.25, 0.3) is 0 Å². The van der Waals surface area contributed by atoms with Gasteiger partial charge < -0.3 is 4.79 Å². The highest BCUT2D eigenvalue weighted by molar-refractivity contribution is 6.36. The molecule has 0 heterocycles. The first kappa shape index (κ1) is 9.04. The minimum absolute atomic E-state index is 0.123. The molecule has 0 radical (unpaired) electrons. The number of carbonyl (C=O) groups excluding carboxylic acids is 1. The number of hydrogen-bond donors (Lipinski definition) is 0. The standard InChI is InChI=1S/C10H8Cl2O/c11-8-2-1-3-9(12)10(8)7-4-6(7)5-13/h1-3,5-7H,4H2/t6-,7+/m1/s1. The van der Waals surface area contributed by atoms with Crippen LogP contribution in [0.1, 0.15) is 17.9 Å². The van der Waals surface area contributed by atoms with Crippen LogP contribution in [0.2, 0.25) is 10.0 Å². The van der Waals surface area contributed by atoms with Gasteiger partial charge in [-0.1, -0.05) is 29.3 Å². The summed E-state index contributed by atoms with van der Waals surface area (Å²) in [4.78, 5) is 10.5. The van der Waals surface area contributed by atoms with Crippen LogP contribution < -0.4 is 0 Å². The smallest absolute Gasteiger partial charge is 0.123 e. The lowest BCUT2D eigenvalue weighted by Gasteiger charge is -2.03. The highest BCUT2D eigenvalue weighted by Gasteiger charge is 2.40. The maximum absolute atomic E-state index is 10.5. The van der Waals surface area contributed by atoms with Crippen molar-refractivity contribution in [3.05, 3.63) is 33.8 Å². The van der Waals surface area contributed by atoms with Crippen LogP contribution in [0.4, 0.5) is 0 Å². The first-order valence-corrected chi connectivity index (χ1v) is 4.89. The van der Waals surface area contributed by atoms with Gasteiger partial charge in [0.25, 0.3) is 0 Å². The lowest BCUT2D eigenvalue weighted by molar-refractivity contribution is -0.108. The third-order valence-corrected chi connectivity index (χ3v) is 3.04. The Morgan fingerprint density at radius 1 is 1.31 bits per heavy atom. The largest absolute Gasteiger partial charge is 0.303 e. The second-order valence-corrected chi connectivity index (χ2v) is 4.09. The Hall–Kier alpha value is -0.530. The molecule has 13 heavy (non-hydrogen) atoms. The second-order valence-electron chi connectivity index (χ2n) is 3.28. The van der Waals surface area contributed by atoms with E-state index in [1.807, 2.05) is 18.2 Å². The quantitative estimate of drug-likeness (QED) is 0.691. The van der Waals surface area contributed by atoms with E-state index in [9.17, 15) is 4.79 Å². The fraction of sp³-hybridized carbons (Fsp3) is 0.300. The van der Waals surface area contributed by atoms with Gasteiger partial charge in [-0.3, -0.25) is 0 Å². The van der Waals surface area contributed by atoms with Gasteiger partial charge >= 0.3 is 0 Å². The van der Waals surface area contributed by atoms with Crippen LogP contribution in [0.5, 0.6) is 0 Å². The Bertz CT molecular complexity index is 329. The molecule has 1 aliphatic rings. The van der Waals surface area contributed by atoms with E-state index in [1.165, 1.54) is 0 Å². The maximum Gasteiger partial charge on any atom is 0.123 e. The van der Waals surface area contributed by atoms with Crippen LogP contribution in [-0.4, -0.2) is 6.29 Å². The van der Waals surface area contributed by atoms with Gasteiger partial charge in [0.15, 0.2) is 0 Å². The van der Waals surface area contributed by atoms with E-state index in [0.717, 1.165) is 18.3 Å². The molecule has 1 aromatic rings. The predicted molar refractivity (Wildman–Crippen MR) is 53.4 cm³/mol. The summed E-state index contributed by atoms with van der Waals surface area (Å²) in [6.07, 6.45) is 1.86. The van der Waals surface area contributed by atoms with Gasteiger partial charge in [0.1, 0.15) is 6.29 Å². The normalized spacial score (nSPS) is 25.7. The number of aldehydes is 1. The molecule has 0 bridgehead atoms. The molecular formula is C10H8Cl2O. The molecule has 1 nitrogen and oxygen atoms in total. The number of carbonyl (C=O) groups is 1. The highest BCUT2D eigenvalue weighted by Crippen LogP contribution is 2.50. The summed E-state index contributed by atoms with van der Waals surface area (Å²) in [7, 11) is 0. The molecule has 1 fully saturated rings. The Kier molecular flexibility index (Phi) is 2.31. The van der Waals surface area contributed by atoms with Crippen LogP contribution >= 0.6 is 23.2 Å². The SMILES string of the molecule is O=C[C@H]1C[C@@H]1c1c(Cl)cccc1Cl. The van der Waals surface area contributed by atoms with Gasteiger partial charge in [-0.05, 0) is 30.0 Å². The molecular weight excluding hydrogens is 207 g/mol. The molecule has 0 aromatic heterocycles. The summed E-state index contributed by atoms with van der Waals surface area (Å²) in [6.45, 7) is 0. The van der Waals surface area contributed by atoms with E-state index in [1.54, 1.807) is 0 Å². The molecule has 1 saturated carbocycles. The van der Waals surface area contributed by atoms with Gasteiger partial charge in [0, 0.05) is 16.0 Å². The molecule has 0 saturated heterocycles. The number of hydrogen-bond acceptors (Lipinski definition) is 1. The molecule has 1 aliphatic carbocycles. The van der Waals surface area contributed by atoms with Gasteiger partial charge in [0.2, 0.25) is 0 Å². The minimum Gasteiger partial charge on any atom is -0.303 e. The van der Waals surface area contributed by atoms with Crippen molar-refractivity contribution in [2.24, 2.45) is 5.92 Å². The minimum atomic E-state index is 0.123. The van der Waals surface area contributed by atoms with Crippen LogP contribution in [-0.2, 0) is 4.79 Å². The van der Waals surface area contributed by atoms with Crippen molar-refractivity contribution in [3.63, 3.8) is 0 Å². The lowest BCUT2D eigenvalue weighted by atomic mass is 10.1. The van der Waals surface area contributed by atoms with Crippen LogP contribution in [0.3, 0.4) is 0 Å². The summed E-state index contributed by atoms with van der Waals surface area (Å²) < 4.78 is 0. The summed E-state index contributed by atoms with van der Waals surface area (Å²) in [6, 6.07) is 5.43. The van der Waals surface area contributed by atoms with Crippen molar-refractivity contribution in [2.45, 2.75) is 12.3 Å². The fourth-order valence-corrected chi connectivity index (χ4v) is 2.24. The third-order valence-electron chi connectivity index (χ3n) is 2.39. The number of benzene rings is 1. The monoisotopic (exact) mass is 214 g/mol. The summed E-state index contributed by atoms with van der Waals surface area (Å²) in [5.41, 5.74) is 0.933. The maximum atomic E-state index is 10.5. The molecule has 3 heteroatoms. The third kappa shape index (κ3) is 1.59. The van der Waals surface area contributed by atoms with E-state index in [-0.39, 0.29) is 11.8 Å². The van der Waals surface area contributed by atoms with Crippen molar-refractivity contribution in [2.75, 3.05) is 0 Å². The summed E-state index contributed by atoms with van der Waals surface area (Å²) >= 11 is 12.0. The second kappa shape index (κ2) is 3.32. The Balaban J connectivity index is 2.35. The van der Waals surface area contributed by atoms with Gasteiger partial charge in [-0.15, -0.1) is 0 Å². The van der Waals surface area contributed by atoms with Crippen molar-refractivity contribution < 1.29 is 4.79 Å². The fourth-order valence-electron chi connectivity index (χ4n) is 1.56. The summed E-state index contributed by atoms with van der Waals surface area (Å²) in [5.74, 6) is 0.371. The molecule has 2 rings (SSSR count). The summed E-state index contributed by atoms with van der Waals surface area (Å²) in [5, 5.41) is 1.34. The zero-order chi connectivity index (χ0) is 9.42. The van der Waals surface area contributed by atoms with Gasteiger partial charge in [-0.25, -0.2) is 0 Å². The van der Waals surface area contributed by atoms with Crippen molar-refractivity contribution in [1.29, 1.82) is 0 Å². The van der Waals surface area contributed by atoms with E-state index in [4.69, 9.17) is 23.2 Å². The van der Waals surface area contributed by atoms with Crippen molar-refractivity contribution >= 4 is 29.5 Å². The molecule has 0 unspecified atom stereocenters. The molecule has 0 amide bonds. The number of halogens is 2. The van der Waals surface area contributed by atoms with Gasteiger partial charge in [0.05, 0.1) is 0 Å². The van der Waals surface area contributed by atoms with E-state index in [0.29, 0.717) is 10.0 Å². The van der Waals surface area contributed by atoms with E-state index < -0.39 is 0 Å². The van der Waals surface area contributed by atoms with Crippen molar-refractivity contribution in [3.8, 4) is 0 Å². The average molecular weight is 215 g/mol. The Labute approximate surface area is 86.7 Å². The molecule has 0 N–H and O–H groups in total. The Morgan fingerprint density at radius 2 is 1.92 bits per heavy atom. The first-order valence-electron chi connectivity index (χ1n) is 4.13. The molecule has 0 aliphatic heterocycles. The van der Waals surface area contributed by atoms with Crippen LogP contribution in [0.15, 0.2) is 18.2 Å². The highest BCUT2D eigenvalue weighted by atomic mass is 35.5. The molecule has 68 valence electrons. The van der Waals surface area contributed by atoms with E-state index >= 15 is 0 Å². The average Bonchev–Trinajstić information content (AvgIpc) is 2.83. The molecule has 0 spiro atoms. The first-order chi connectivity index (χ1) is 6.24. The van der Waals surface area contributed by atoms with Gasteiger partial charge in [-0.2, -0.15) is 0 Å². The van der Waals surface area contributed by atoms with Crippen LogP contribution in [0, 0.1) is 5.92 Å². The zero-order valence-corrected chi connectivity index (χ0v) is 8.35. The lowest BCUT2D eigenvalue weighted by Crippen LogP contribution is -1.87. The topological polar surface area (TPSA) is 17.1 Å². The molecule has 2 atom stereocenters. The Morgan fingerprint density at radius 3 is 2.38 bits per heavy atom. The molecule has 1 aromatic carbocycles. The zero-order valence-electron chi connectivity index (χ0n) is 6.84. The number of rotatable bonds is 2. The van der Waals surface area contributed by atoms with E-state index in [2.05, 4.69) is 0 Å². The predicted octanol–water partition coefficient (Wildman–Crippen LogP) is 3.30. The van der Waals surface area contributed by atoms with Crippen molar-refractivity contribution in [1.82, 2.24) is 0 Å².